The van der Waals surface area contributed by atoms with Gasteiger partial charge in [0, 0.05) is 102 Å². The van der Waals surface area contributed by atoms with E-state index in [-0.39, 0.29) is 28.9 Å². The van der Waals surface area contributed by atoms with E-state index in [0.717, 1.165) is 117 Å². The standard InChI is InChI=1S/C34H23N.2C27H16O.C15H14O.C12H6O2.C8H7N/c1-22-18-20-26(21-19-22)33-30(24-10-4-2-5-11-24)31-27-16-8-14-23-15-9-17-28(29(23)27)32(31)34(35-33)25-12-6-3-7-13-25;2*28-27-23(18-9-3-1-4-10-18)25-20-15-7-13-17-14-8-16-21(22(17)20)26(25)24(27)19-11-5-2-6-12-19;16-15(11-13-7-3-1-4-8-13)12-14-9-5-2-6-10-14;13-11-8-5-1-3-7-4-2-6-9(10(7)8)12(11)14;1-7-2-4-8(6-9)5-3-7/h2-21H,1H3;2*1-16H;1-10H,11-12H2;1-6H;2-5H,1H3. The van der Waals surface area contributed by atoms with E-state index in [1.54, 1.807) is 24.3 Å². The lowest BCUT2D eigenvalue weighted by molar-refractivity contribution is -0.117. The maximum absolute atomic E-state index is 13.7. The van der Waals surface area contributed by atoms with Crippen molar-refractivity contribution in [1.82, 2.24) is 4.98 Å². The predicted molar refractivity (Wildman–Crippen MR) is 532 cm³/mol. The molecule has 0 fully saturated rings. The fourth-order valence-corrected chi connectivity index (χ4v) is 19.1. The summed E-state index contributed by atoms with van der Waals surface area (Å²) >= 11 is 0. The molecule has 130 heavy (non-hydrogen) atoms. The van der Waals surface area contributed by atoms with Crippen molar-refractivity contribution in [3.8, 4) is 62.0 Å². The Morgan fingerprint density at radius 2 is 0.485 bits per heavy atom. The predicted octanol–water partition coefficient (Wildman–Crippen LogP) is 28.8. The number of hydrogen-bond acceptors (Lipinski definition) is 7. The summed E-state index contributed by atoms with van der Waals surface area (Å²) in [6.45, 7) is 4.13. The van der Waals surface area contributed by atoms with Gasteiger partial charge in [0.2, 0.25) is 11.6 Å². The maximum atomic E-state index is 13.7. The molecule has 0 bridgehead atoms. The van der Waals surface area contributed by atoms with Crippen molar-refractivity contribution in [1.29, 1.82) is 5.26 Å². The zero-order valence-electron chi connectivity index (χ0n) is 71.4. The van der Waals surface area contributed by atoms with Crippen LogP contribution < -0.4 is 0 Å². The van der Waals surface area contributed by atoms with Crippen LogP contribution in [0.15, 0.2) is 437 Å². The summed E-state index contributed by atoms with van der Waals surface area (Å²) in [5, 5.41) is 17.7. The SMILES string of the molecule is Cc1ccc(-c2nc(-c3ccccc3)c3c(c2-c2ccccc2)-c2cccc4cccc-3c24)cc1.Cc1ccc(C#N)cc1.O=C(Cc1ccccc1)Cc1ccccc1.O=C1C(=O)c2cccc3cccc1c23.O=C1C(c2ccccc2)=C2C(=C1c1ccccc1)c1cccc3cccc2c13.O=C1C(c2ccccc2)=C2C(=C1c1ccccc1)c1cccc3cccc2c13. The van der Waals surface area contributed by atoms with Gasteiger partial charge in [0.25, 0.3) is 0 Å². The first-order valence-corrected chi connectivity index (χ1v) is 43.7. The molecule has 25 rings (SSSR count). The van der Waals surface area contributed by atoms with Gasteiger partial charge in [-0.15, -0.1) is 0 Å². The van der Waals surface area contributed by atoms with Gasteiger partial charge >= 0.3 is 0 Å². The van der Waals surface area contributed by atoms with Crippen molar-refractivity contribution in [2.24, 2.45) is 0 Å². The zero-order valence-corrected chi connectivity index (χ0v) is 71.4. The molecular weight excluding hydrogens is 1590 g/mol. The molecule has 0 saturated carbocycles. The third-order valence-electron chi connectivity index (χ3n) is 24.9. The highest BCUT2D eigenvalue weighted by molar-refractivity contribution is 6.63. The normalized spacial score (nSPS) is 12.9. The van der Waals surface area contributed by atoms with E-state index in [0.29, 0.717) is 24.0 Å². The number of rotatable bonds is 11. The van der Waals surface area contributed by atoms with Crippen LogP contribution in [0.25, 0.3) is 144 Å². The van der Waals surface area contributed by atoms with Crippen molar-refractivity contribution in [3.05, 3.63) is 520 Å². The number of benzene rings is 18. The Kier molecular flexibility index (Phi) is 22.2. The average molecular weight is 1670 g/mol. The lowest BCUT2D eigenvalue weighted by Crippen LogP contribution is -2.06. The summed E-state index contributed by atoms with van der Waals surface area (Å²) in [6.07, 6.45) is 1.05. The minimum atomic E-state index is -0.378. The number of hydrogen-bond donors (Lipinski definition) is 0. The number of fused-ring (bicyclic) bond motifs is 9. The van der Waals surface area contributed by atoms with E-state index in [4.69, 9.17) is 10.2 Å². The number of pyridine rings is 1. The van der Waals surface area contributed by atoms with Crippen molar-refractivity contribution in [2.75, 3.05) is 0 Å². The molecule has 0 atom stereocenters. The molecule has 0 saturated heterocycles. The summed E-state index contributed by atoms with van der Waals surface area (Å²) in [4.78, 5) is 67.8. The fraction of sp³-hybridized carbons (Fsp3) is 0.0325. The summed E-state index contributed by atoms with van der Waals surface area (Å²) in [5.74, 6) is -0.256. The lowest BCUT2D eigenvalue weighted by atomic mass is 9.87. The second-order valence-electron chi connectivity index (χ2n) is 33.0. The van der Waals surface area contributed by atoms with E-state index < -0.39 is 0 Å². The quantitative estimate of drug-likeness (QED) is 0.118. The van der Waals surface area contributed by atoms with Crippen LogP contribution in [0.4, 0.5) is 0 Å². The number of aromatic nitrogens is 1. The van der Waals surface area contributed by atoms with Gasteiger partial charge in [-0.05, 0) is 136 Å². The smallest absolute Gasteiger partial charge is 0.234 e. The third kappa shape index (κ3) is 15.2. The molecule has 0 N–H and O–H groups in total. The topological polar surface area (TPSA) is 122 Å². The minimum absolute atomic E-state index is 0.119. The molecule has 7 heteroatoms. The van der Waals surface area contributed by atoms with Gasteiger partial charge in [0.15, 0.2) is 11.6 Å². The first-order valence-electron chi connectivity index (χ1n) is 43.7. The van der Waals surface area contributed by atoms with Gasteiger partial charge in [0.1, 0.15) is 5.78 Å². The molecule has 7 nitrogen and oxygen atoms in total. The summed E-state index contributed by atoms with van der Waals surface area (Å²) in [7, 11) is 0. The molecule has 18 aromatic carbocycles. The molecule has 6 aliphatic rings. The van der Waals surface area contributed by atoms with Crippen LogP contribution in [0.3, 0.4) is 0 Å². The van der Waals surface area contributed by atoms with Gasteiger partial charge in [0.05, 0.1) is 23.0 Å². The number of aryl methyl sites for hydroxylation is 2. The van der Waals surface area contributed by atoms with Crippen molar-refractivity contribution >= 4 is 117 Å². The number of allylic oxidation sites excluding steroid dienone is 8. The molecule has 6 aliphatic carbocycles. The number of nitriles is 1. The van der Waals surface area contributed by atoms with Gasteiger partial charge in [-0.25, -0.2) is 4.98 Å². The van der Waals surface area contributed by atoms with E-state index >= 15 is 0 Å². The molecule has 0 aliphatic heterocycles. The van der Waals surface area contributed by atoms with Gasteiger partial charge in [-0.3, -0.25) is 24.0 Å². The van der Waals surface area contributed by atoms with E-state index in [1.165, 1.54) is 99.1 Å². The van der Waals surface area contributed by atoms with E-state index in [2.05, 4.69) is 207 Å². The Bertz CT molecular complexity index is 7420. The van der Waals surface area contributed by atoms with Gasteiger partial charge in [-0.2, -0.15) is 5.26 Å². The largest absolute Gasteiger partial charge is 0.299 e. The lowest BCUT2D eigenvalue weighted by Gasteiger charge is -2.19. The van der Waals surface area contributed by atoms with Crippen LogP contribution >= 0.6 is 0 Å². The number of ketones is 5. The third-order valence-corrected chi connectivity index (χ3v) is 24.9. The van der Waals surface area contributed by atoms with Crippen LogP contribution in [-0.4, -0.2) is 33.9 Å². The van der Waals surface area contributed by atoms with E-state index in [9.17, 15) is 24.0 Å². The van der Waals surface area contributed by atoms with Crippen LogP contribution in [0.1, 0.15) is 93.0 Å². The Labute approximate surface area is 754 Å². The van der Waals surface area contributed by atoms with Crippen molar-refractivity contribution < 1.29 is 24.0 Å². The molecule has 0 spiro atoms. The average Bonchev–Trinajstić information content (AvgIpc) is 1.55. The fourth-order valence-electron chi connectivity index (χ4n) is 19.1. The van der Waals surface area contributed by atoms with Crippen LogP contribution in [0.5, 0.6) is 0 Å². The van der Waals surface area contributed by atoms with Crippen molar-refractivity contribution in [2.45, 2.75) is 26.7 Å². The maximum Gasteiger partial charge on any atom is 0.234 e. The second kappa shape index (κ2) is 35.5. The second-order valence-corrected chi connectivity index (χ2v) is 33.0. The molecule has 19 aromatic rings. The minimum Gasteiger partial charge on any atom is -0.299 e. The van der Waals surface area contributed by atoms with Gasteiger partial charge < -0.3 is 0 Å². The summed E-state index contributed by atoms with van der Waals surface area (Å²) in [5.41, 5.74) is 34.4. The summed E-state index contributed by atoms with van der Waals surface area (Å²) in [6, 6.07) is 149. The molecule has 0 amide bonds. The zero-order chi connectivity index (χ0) is 88.3. The van der Waals surface area contributed by atoms with Crippen LogP contribution in [-0.2, 0) is 27.2 Å². The molecule has 1 aromatic heterocycles. The molecule has 0 unspecified atom stereocenters. The van der Waals surface area contributed by atoms with E-state index in [1.807, 2.05) is 225 Å². The van der Waals surface area contributed by atoms with Crippen LogP contribution in [0.2, 0.25) is 0 Å². The molecule has 0 radical (unpaired) electrons. The van der Waals surface area contributed by atoms with Gasteiger partial charge in [-0.1, -0.05) is 436 Å². The summed E-state index contributed by atoms with van der Waals surface area (Å²) < 4.78 is 0. The highest BCUT2D eigenvalue weighted by Gasteiger charge is 2.42. The first-order chi connectivity index (χ1) is 63.9. The number of carbonyl (C=O) groups is 5. The van der Waals surface area contributed by atoms with Crippen LogP contribution in [0, 0.1) is 25.2 Å². The Hall–Kier alpha value is -17.1. The number of nitrogens with zero attached hydrogens (tertiary/aromatic N) is 2. The van der Waals surface area contributed by atoms with Crippen molar-refractivity contribution in [3.63, 3.8) is 0 Å². The monoisotopic (exact) mass is 1670 g/mol. The Morgan fingerprint density at radius 1 is 0.231 bits per heavy atom. The number of carbonyl (C=O) groups excluding carboxylic acids is 5. The molecular formula is C123H82N2O5. The highest BCUT2D eigenvalue weighted by Crippen LogP contribution is 2.60. The number of Topliss-reactive ketones (excluding diaryl/α,β-unsaturated/α-hetero) is 5. The Morgan fingerprint density at radius 3 is 0.815 bits per heavy atom. The highest BCUT2D eigenvalue weighted by atomic mass is 16.2. The Balaban J connectivity index is 0.000000102. The molecule has 1 heterocycles. The molecule has 614 valence electrons. The first kappa shape index (κ1) is 81.3.